The van der Waals surface area contributed by atoms with Gasteiger partial charge >= 0.3 is 0 Å². The molecule has 0 aliphatic heterocycles. The normalized spacial score (nSPS) is 11.1. The third-order valence-electron chi connectivity index (χ3n) is 2.85. The number of halogens is 1. The molecule has 0 amide bonds. The maximum Gasteiger partial charge on any atom is 0.150 e. The average Bonchev–Trinajstić information content (AvgIpc) is 2.34. The molecule has 0 N–H and O–H groups in total. The summed E-state index contributed by atoms with van der Waals surface area (Å²) >= 11 is 3.57. The van der Waals surface area contributed by atoms with Crippen molar-refractivity contribution < 1.29 is 4.79 Å². The Morgan fingerprint density at radius 1 is 1.26 bits per heavy atom. The van der Waals surface area contributed by atoms with Crippen LogP contribution in [0.5, 0.6) is 0 Å². The summed E-state index contributed by atoms with van der Waals surface area (Å²) in [6, 6.07) is 5.77. The lowest BCUT2D eigenvalue weighted by molar-refractivity contribution is 0.112. The number of likely N-dealkylation sites (N-methyl/N-ethyl adjacent to an activating group) is 1. The van der Waals surface area contributed by atoms with Crippen molar-refractivity contribution in [1.82, 2.24) is 4.90 Å². The first kappa shape index (κ1) is 16.2. The van der Waals surface area contributed by atoms with Crippen LogP contribution in [-0.2, 0) is 0 Å². The maximum atomic E-state index is 10.8. The maximum absolute atomic E-state index is 10.8. The number of anilines is 1. The Balaban J connectivity index is 2.92. The van der Waals surface area contributed by atoms with Gasteiger partial charge in [-0.3, -0.25) is 4.79 Å². The molecule has 0 spiro atoms. The minimum Gasteiger partial charge on any atom is -0.369 e. The van der Waals surface area contributed by atoms with Crippen molar-refractivity contribution in [2.75, 3.05) is 38.6 Å². The van der Waals surface area contributed by atoms with Gasteiger partial charge in [0.2, 0.25) is 0 Å². The van der Waals surface area contributed by atoms with Crippen molar-refractivity contribution in [1.29, 1.82) is 0 Å². The summed E-state index contributed by atoms with van der Waals surface area (Å²) < 4.78 is 0.983. The summed E-state index contributed by atoms with van der Waals surface area (Å²) in [7, 11) is 4.16. The zero-order valence-electron chi connectivity index (χ0n) is 12.2. The summed E-state index contributed by atoms with van der Waals surface area (Å²) in [5.74, 6) is 0.597. The lowest BCUT2D eigenvalue weighted by Gasteiger charge is -2.29. The Morgan fingerprint density at radius 2 is 1.95 bits per heavy atom. The number of carbonyl (C=O) groups excluding carboxylic acids is 1. The minimum absolute atomic E-state index is 0.597. The molecule has 0 saturated heterocycles. The largest absolute Gasteiger partial charge is 0.369 e. The van der Waals surface area contributed by atoms with Crippen LogP contribution in [0.15, 0.2) is 22.7 Å². The molecule has 0 atom stereocenters. The van der Waals surface area contributed by atoms with Gasteiger partial charge < -0.3 is 9.80 Å². The zero-order valence-corrected chi connectivity index (χ0v) is 13.8. The monoisotopic (exact) mass is 326 g/mol. The van der Waals surface area contributed by atoms with E-state index < -0.39 is 0 Å². The summed E-state index contributed by atoms with van der Waals surface area (Å²) in [6.07, 6.45) is 0.876. The lowest BCUT2D eigenvalue weighted by atomic mass is 10.1. The van der Waals surface area contributed by atoms with Crippen LogP contribution in [0.25, 0.3) is 0 Å². The number of hydrogen-bond donors (Lipinski definition) is 0. The molecule has 0 bridgehead atoms. The van der Waals surface area contributed by atoms with Crippen LogP contribution in [0.2, 0.25) is 0 Å². The van der Waals surface area contributed by atoms with Gasteiger partial charge in [0.15, 0.2) is 0 Å². The van der Waals surface area contributed by atoms with E-state index in [0.717, 1.165) is 36.1 Å². The van der Waals surface area contributed by atoms with Crippen LogP contribution in [0.1, 0.15) is 24.2 Å². The number of aldehydes is 1. The van der Waals surface area contributed by atoms with Crippen LogP contribution >= 0.6 is 15.9 Å². The molecular formula is C15H23BrN2O. The van der Waals surface area contributed by atoms with E-state index in [4.69, 9.17) is 0 Å². The van der Waals surface area contributed by atoms with Gasteiger partial charge in [-0.05, 0) is 54.1 Å². The van der Waals surface area contributed by atoms with E-state index in [2.05, 4.69) is 53.7 Å². The number of benzene rings is 1. The van der Waals surface area contributed by atoms with Crippen LogP contribution in [0, 0.1) is 5.92 Å². The lowest BCUT2D eigenvalue weighted by Crippen LogP contribution is -2.34. The average molecular weight is 327 g/mol. The van der Waals surface area contributed by atoms with Crippen LogP contribution < -0.4 is 4.90 Å². The quantitative estimate of drug-likeness (QED) is 0.718. The van der Waals surface area contributed by atoms with E-state index in [9.17, 15) is 4.79 Å². The third-order valence-corrected chi connectivity index (χ3v) is 3.49. The fourth-order valence-electron chi connectivity index (χ4n) is 1.92. The number of hydrogen-bond acceptors (Lipinski definition) is 3. The summed E-state index contributed by atoms with van der Waals surface area (Å²) in [6.45, 7) is 7.43. The van der Waals surface area contributed by atoms with Gasteiger partial charge in [-0.1, -0.05) is 13.8 Å². The van der Waals surface area contributed by atoms with Crippen molar-refractivity contribution in [3.63, 3.8) is 0 Å². The molecule has 0 aromatic heterocycles. The first-order chi connectivity index (χ1) is 8.93. The molecule has 19 heavy (non-hydrogen) atoms. The van der Waals surface area contributed by atoms with E-state index in [1.54, 1.807) is 0 Å². The second kappa shape index (κ2) is 7.65. The molecular weight excluding hydrogens is 304 g/mol. The molecule has 1 rings (SSSR count). The Labute approximate surface area is 124 Å². The Kier molecular flexibility index (Phi) is 6.52. The molecule has 0 saturated carbocycles. The molecule has 1 aromatic carbocycles. The smallest absolute Gasteiger partial charge is 0.150 e. The molecule has 0 aliphatic carbocycles. The molecule has 1 aromatic rings. The van der Waals surface area contributed by atoms with Crippen LogP contribution in [-0.4, -0.2) is 44.9 Å². The minimum atomic E-state index is 0.597. The SMILES string of the molecule is CC(C)CN(CCN(C)C)c1ccc(C=O)cc1Br. The Hall–Kier alpha value is -0.870. The van der Waals surface area contributed by atoms with Gasteiger partial charge in [0.25, 0.3) is 0 Å². The van der Waals surface area contributed by atoms with Crippen molar-refractivity contribution in [2.24, 2.45) is 5.92 Å². The van der Waals surface area contributed by atoms with Gasteiger partial charge in [-0.25, -0.2) is 0 Å². The number of carbonyl (C=O) groups is 1. The second-order valence-electron chi connectivity index (χ2n) is 5.47. The van der Waals surface area contributed by atoms with Crippen molar-refractivity contribution in [3.05, 3.63) is 28.2 Å². The van der Waals surface area contributed by atoms with E-state index in [-0.39, 0.29) is 0 Å². The highest BCUT2D eigenvalue weighted by Gasteiger charge is 2.12. The highest BCUT2D eigenvalue weighted by Crippen LogP contribution is 2.27. The molecule has 0 heterocycles. The predicted octanol–water partition coefficient (Wildman–Crippen LogP) is 3.29. The van der Waals surface area contributed by atoms with Gasteiger partial charge in [-0.2, -0.15) is 0 Å². The standard InChI is InChI=1S/C15H23BrN2O/c1-12(2)10-18(8-7-17(3)4)15-6-5-13(11-19)9-14(15)16/h5-6,9,11-12H,7-8,10H2,1-4H3. The van der Waals surface area contributed by atoms with E-state index in [1.165, 1.54) is 0 Å². The molecule has 106 valence electrons. The highest BCUT2D eigenvalue weighted by atomic mass is 79.9. The molecule has 0 radical (unpaired) electrons. The second-order valence-corrected chi connectivity index (χ2v) is 6.33. The highest BCUT2D eigenvalue weighted by molar-refractivity contribution is 9.10. The fourth-order valence-corrected chi connectivity index (χ4v) is 2.57. The number of rotatable bonds is 7. The summed E-state index contributed by atoms with van der Waals surface area (Å²) in [5.41, 5.74) is 1.86. The predicted molar refractivity (Wildman–Crippen MR) is 85.1 cm³/mol. The van der Waals surface area contributed by atoms with Crippen LogP contribution in [0.4, 0.5) is 5.69 Å². The Morgan fingerprint density at radius 3 is 2.42 bits per heavy atom. The molecule has 4 heteroatoms. The molecule has 0 aliphatic rings. The van der Waals surface area contributed by atoms with Crippen molar-refractivity contribution in [3.8, 4) is 0 Å². The Bertz CT molecular complexity index is 419. The molecule has 0 fully saturated rings. The first-order valence-electron chi connectivity index (χ1n) is 6.58. The van der Waals surface area contributed by atoms with E-state index in [0.29, 0.717) is 11.5 Å². The van der Waals surface area contributed by atoms with Gasteiger partial charge in [0.1, 0.15) is 6.29 Å². The third kappa shape index (κ3) is 5.33. The van der Waals surface area contributed by atoms with E-state index in [1.807, 2.05) is 18.2 Å². The zero-order chi connectivity index (χ0) is 14.4. The topological polar surface area (TPSA) is 23.6 Å². The van der Waals surface area contributed by atoms with Gasteiger partial charge in [-0.15, -0.1) is 0 Å². The fraction of sp³-hybridized carbons (Fsp3) is 0.533. The first-order valence-corrected chi connectivity index (χ1v) is 7.37. The summed E-state index contributed by atoms with van der Waals surface area (Å²) in [4.78, 5) is 15.3. The number of nitrogens with zero attached hydrogens (tertiary/aromatic N) is 2. The van der Waals surface area contributed by atoms with Crippen molar-refractivity contribution >= 4 is 27.9 Å². The van der Waals surface area contributed by atoms with Gasteiger partial charge in [0.05, 0.1) is 5.69 Å². The van der Waals surface area contributed by atoms with Crippen molar-refractivity contribution in [2.45, 2.75) is 13.8 Å². The molecule has 0 unspecified atom stereocenters. The molecule has 3 nitrogen and oxygen atoms in total. The summed E-state index contributed by atoms with van der Waals surface area (Å²) in [5, 5.41) is 0. The van der Waals surface area contributed by atoms with E-state index >= 15 is 0 Å². The van der Waals surface area contributed by atoms with Gasteiger partial charge in [0, 0.05) is 29.7 Å². The van der Waals surface area contributed by atoms with Crippen LogP contribution in [0.3, 0.4) is 0 Å².